The molecule has 3 heterocycles. The Bertz CT molecular complexity index is 1810. The minimum atomic E-state index is -3.21. The van der Waals surface area contributed by atoms with Gasteiger partial charge < -0.3 is 5.32 Å². The Morgan fingerprint density at radius 2 is 1.67 bits per heavy atom. The summed E-state index contributed by atoms with van der Waals surface area (Å²) in [4.78, 5) is 22.4. The van der Waals surface area contributed by atoms with E-state index in [2.05, 4.69) is 15.3 Å². The van der Waals surface area contributed by atoms with Crippen LogP contribution in [0.3, 0.4) is 0 Å². The molecule has 1 fully saturated rings. The molecule has 1 N–H and O–H groups in total. The van der Waals surface area contributed by atoms with Crippen LogP contribution >= 0.6 is 0 Å². The van der Waals surface area contributed by atoms with E-state index in [0.717, 1.165) is 38.9 Å². The lowest BCUT2D eigenvalue weighted by Gasteiger charge is -2.14. The summed E-state index contributed by atoms with van der Waals surface area (Å²) in [7, 11) is 0.344. The Balaban J connectivity index is 1.55. The van der Waals surface area contributed by atoms with Crippen LogP contribution < -0.4 is 11.0 Å². The highest BCUT2D eigenvalue weighted by molar-refractivity contribution is 7.92. The van der Waals surface area contributed by atoms with Gasteiger partial charge in [0.15, 0.2) is 9.84 Å². The minimum Gasteiger partial charge on any atom is -0.373 e. The van der Waals surface area contributed by atoms with Crippen LogP contribution in [-0.4, -0.2) is 40.8 Å². The van der Waals surface area contributed by atoms with Crippen molar-refractivity contribution >= 4 is 37.6 Å². The summed E-state index contributed by atoms with van der Waals surface area (Å²) in [6, 6.07) is 17.2. The van der Waals surface area contributed by atoms with E-state index in [4.69, 9.17) is 0 Å². The minimum absolute atomic E-state index is 0.193. The first kappa shape index (κ1) is 22.5. The van der Waals surface area contributed by atoms with E-state index in [9.17, 15) is 13.2 Å². The maximum Gasteiger partial charge on any atom is 0.333 e. The Kier molecular flexibility index (Phi) is 4.85. The first-order chi connectivity index (χ1) is 17.2. The number of benzene rings is 2. The van der Waals surface area contributed by atoms with Gasteiger partial charge >= 0.3 is 5.69 Å². The maximum atomic E-state index is 13.4. The Labute approximate surface area is 208 Å². The van der Waals surface area contributed by atoms with Gasteiger partial charge in [-0.05, 0) is 60.4 Å². The predicted molar refractivity (Wildman–Crippen MR) is 142 cm³/mol. The number of imidazole rings is 1. The monoisotopic (exact) mass is 499 g/mol. The van der Waals surface area contributed by atoms with Crippen LogP contribution in [-0.2, 0) is 21.6 Å². The van der Waals surface area contributed by atoms with Crippen molar-refractivity contribution in [3.63, 3.8) is 0 Å². The molecule has 182 valence electrons. The van der Waals surface area contributed by atoms with Crippen molar-refractivity contribution in [2.45, 2.75) is 17.6 Å². The molecule has 5 aromatic rings. The third-order valence-electron chi connectivity index (χ3n) is 7.30. The van der Waals surface area contributed by atoms with Gasteiger partial charge in [0, 0.05) is 37.5 Å². The van der Waals surface area contributed by atoms with Gasteiger partial charge in [0.1, 0.15) is 5.82 Å². The zero-order chi connectivity index (χ0) is 25.2. The van der Waals surface area contributed by atoms with Gasteiger partial charge in [0.2, 0.25) is 0 Å². The van der Waals surface area contributed by atoms with Gasteiger partial charge in [0.05, 0.1) is 33.2 Å². The fourth-order valence-electron chi connectivity index (χ4n) is 5.03. The fraction of sp³-hybridized carbons (Fsp3) is 0.222. The second-order valence-electron chi connectivity index (χ2n) is 9.40. The van der Waals surface area contributed by atoms with Crippen molar-refractivity contribution in [3.8, 4) is 16.8 Å². The molecule has 9 heteroatoms. The smallest absolute Gasteiger partial charge is 0.333 e. The van der Waals surface area contributed by atoms with Crippen LogP contribution in [0.15, 0.2) is 71.8 Å². The second-order valence-corrected chi connectivity index (χ2v) is 11.7. The molecule has 1 aliphatic carbocycles. The van der Waals surface area contributed by atoms with Gasteiger partial charge in [-0.1, -0.05) is 18.2 Å². The first-order valence-electron chi connectivity index (χ1n) is 11.7. The Morgan fingerprint density at radius 1 is 0.944 bits per heavy atom. The molecule has 1 aliphatic rings. The summed E-state index contributed by atoms with van der Waals surface area (Å²) in [5, 5.41) is 3.87. The lowest BCUT2D eigenvalue weighted by molar-refractivity contribution is 0.586. The van der Waals surface area contributed by atoms with Gasteiger partial charge in [0.25, 0.3) is 0 Å². The van der Waals surface area contributed by atoms with Crippen molar-refractivity contribution in [3.05, 3.63) is 83.0 Å². The highest BCUT2D eigenvalue weighted by Crippen LogP contribution is 2.52. The lowest BCUT2D eigenvalue weighted by Crippen LogP contribution is -2.21. The molecule has 0 unspecified atom stereocenters. The molecule has 0 aliphatic heterocycles. The number of rotatable bonds is 5. The fourth-order valence-corrected chi connectivity index (χ4v) is 6.44. The highest BCUT2D eigenvalue weighted by Gasteiger charge is 2.53. The molecule has 0 spiro atoms. The standard InChI is InChI=1S/C27H25N5O3S/c1-28-24-11-5-18(15-30-24)17-4-10-22-21(14-17)25-23(16-29-22)31(2)26(33)32(25)20-8-6-19(7-9-20)27(12-13-27)36(3,34)35/h4-11,14-16H,12-13H2,1-3H3,(H,28,30). The average molecular weight is 500 g/mol. The molecule has 36 heavy (non-hydrogen) atoms. The number of aryl methyl sites for hydroxylation is 1. The van der Waals surface area contributed by atoms with Gasteiger partial charge in [-0.15, -0.1) is 0 Å². The maximum absolute atomic E-state index is 13.4. The number of sulfone groups is 1. The number of nitrogens with zero attached hydrogens (tertiary/aromatic N) is 4. The highest BCUT2D eigenvalue weighted by atomic mass is 32.2. The third-order valence-corrected chi connectivity index (χ3v) is 9.37. The number of hydrogen-bond donors (Lipinski definition) is 1. The number of hydrogen-bond acceptors (Lipinski definition) is 6. The first-order valence-corrected chi connectivity index (χ1v) is 13.6. The van der Waals surface area contributed by atoms with Crippen molar-refractivity contribution in [1.82, 2.24) is 19.1 Å². The van der Waals surface area contributed by atoms with Crippen LogP contribution in [0.2, 0.25) is 0 Å². The molecule has 3 aromatic heterocycles. The van der Waals surface area contributed by atoms with Crippen LogP contribution in [0.25, 0.3) is 38.8 Å². The Morgan fingerprint density at radius 3 is 2.28 bits per heavy atom. The largest absolute Gasteiger partial charge is 0.373 e. The van der Waals surface area contributed by atoms with Gasteiger partial charge in [-0.25, -0.2) is 18.2 Å². The summed E-state index contributed by atoms with van der Waals surface area (Å²) in [5.41, 5.74) is 5.42. The van der Waals surface area contributed by atoms with Gasteiger partial charge in [-0.2, -0.15) is 0 Å². The van der Waals surface area contributed by atoms with Crippen molar-refractivity contribution in [1.29, 1.82) is 0 Å². The van der Waals surface area contributed by atoms with Crippen LogP contribution in [0.1, 0.15) is 18.4 Å². The number of pyridine rings is 2. The van der Waals surface area contributed by atoms with E-state index in [0.29, 0.717) is 24.0 Å². The van der Waals surface area contributed by atoms with E-state index in [1.54, 1.807) is 22.4 Å². The molecular formula is C27H25N5O3S. The van der Waals surface area contributed by atoms with Crippen LogP contribution in [0, 0.1) is 0 Å². The summed E-state index contributed by atoms with van der Waals surface area (Å²) in [6.07, 6.45) is 6.08. The van der Waals surface area contributed by atoms with E-state index in [-0.39, 0.29) is 5.69 Å². The van der Waals surface area contributed by atoms with Crippen molar-refractivity contribution in [2.24, 2.45) is 7.05 Å². The quantitative estimate of drug-likeness (QED) is 0.392. The zero-order valence-corrected chi connectivity index (χ0v) is 21.0. The number of fused-ring (bicyclic) bond motifs is 3. The van der Waals surface area contributed by atoms with E-state index in [1.165, 1.54) is 6.26 Å². The van der Waals surface area contributed by atoms with E-state index >= 15 is 0 Å². The molecule has 0 atom stereocenters. The molecular weight excluding hydrogens is 474 g/mol. The zero-order valence-electron chi connectivity index (χ0n) is 20.2. The average Bonchev–Trinajstić information content (AvgIpc) is 3.67. The Hall–Kier alpha value is -3.98. The van der Waals surface area contributed by atoms with Crippen LogP contribution in [0.4, 0.5) is 5.82 Å². The number of nitrogens with one attached hydrogen (secondary N) is 1. The molecule has 0 bridgehead atoms. The lowest BCUT2D eigenvalue weighted by atomic mass is 10.0. The SMILES string of the molecule is CNc1ccc(-c2ccc3ncc4c(c3c2)n(-c2ccc(C3(S(C)(=O)=O)CC3)cc2)c(=O)n4C)cn1. The summed E-state index contributed by atoms with van der Waals surface area (Å²) < 4.78 is 27.2. The molecule has 0 saturated heterocycles. The molecule has 6 rings (SSSR count). The summed E-state index contributed by atoms with van der Waals surface area (Å²) >= 11 is 0. The summed E-state index contributed by atoms with van der Waals surface area (Å²) in [6.45, 7) is 0. The van der Waals surface area contributed by atoms with Gasteiger partial charge in [-0.3, -0.25) is 14.1 Å². The van der Waals surface area contributed by atoms with Crippen molar-refractivity contribution < 1.29 is 8.42 Å². The predicted octanol–water partition coefficient (Wildman–Crippen LogP) is 4.01. The normalized spacial score (nSPS) is 14.9. The van der Waals surface area contributed by atoms with Crippen LogP contribution in [0.5, 0.6) is 0 Å². The third kappa shape index (κ3) is 3.26. The molecule has 1 saturated carbocycles. The summed E-state index contributed by atoms with van der Waals surface area (Å²) in [5.74, 6) is 0.785. The topological polar surface area (TPSA) is 98.9 Å². The molecule has 8 nitrogen and oxygen atoms in total. The molecule has 0 amide bonds. The molecule has 2 aromatic carbocycles. The number of aromatic nitrogens is 4. The van der Waals surface area contributed by atoms with E-state index in [1.807, 2.05) is 67.8 Å². The second kappa shape index (κ2) is 7.76. The number of anilines is 1. The molecule has 0 radical (unpaired) electrons. The van der Waals surface area contributed by atoms with Crippen molar-refractivity contribution in [2.75, 3.05) is 18.6 Å². The van der Waals surface area contributed by atoms with E-state index < -0.39 is 14.6 Å².